The summed E-state index contributed by atoms with van der Waals surface area (Å²) in [4.78, 5) is 5.50. The summed E-state index contributed by atoms with van der Waals surface area (Å²) in [7, 11) is 1.68. The normalized spacial score (nSPS) is 24.7. The Labute approximate surface area is 157 Å². The van der Waals surface area contributed by atoms with Crippen LogP contribution in [0.4, 0.5) is 0 Å². The van der Waals surface area contributed by atoms with Crippen molar-refractivity contribution in [1.82, 2.24) is 4.68 Å². The van der Waals surface area contributed by atoms with Gasteiger partial charge in [-0.3, -0.25) is 4.99 Å². The van der Waals surface area contributed by atoms with Gasteiger partial charge in [0.15, 0.2) is 0 Å². The first-order valence-corrected chi connectivity index (χ1v) is 9.85. The predicted molar refractivity (Wildman–Crippen MR) is 108 cm³/mol. The summed E-state index contributed by atoms with van der Waals surface area (Å²) in [5, 5.41) is 6.96. The van der Waals surface area contributed by atoms with Crippen LogP contribution in [-0.2, 0) is 0 Å². The molecule has 0 N–H and O–H groups in total. The van der Waals surface area contributed by atoms with Crippen molar-refractivity contribution in [2.75, 3.05) is 13.7 Å². The number of hydrogen-bond donors (Lipinski definition) is 0. The maximum absolute atomic E-state index is 5.27. The molecule has 4 nitrogen and oxygen atoms in total. The molecule has 0 spiro atoms. The van der Waals surface area contributed by atoms with Gasteiger partial charge in [-0.25, -0.2) is 4.68 Å². The van der Waals surface area contributed by atoms with Crippen LogP contribution < -0.4 is 9.54 Å². The van der Waals surface area contributed by atoms with Gasteiger partial charge in [0, 0.05) is 23.1 Å². The van der Waals surface area contributed by atoms with Crippen molar-refractivity contribution in [3.63, 3.8) is 0 Å². The van der Waals surface area contributed by atoms with Gasteiger partial charge >= 0.3 is 0 Å². The fourth-order valence-electron chi connectivity index (χ4n) is 3.77. The molecular weight excluding hydrogens is 342 g/mol. The van der Waals surface area contributed by atoms with Crippen LogP contribution in [0.2, 0.25) is 0 Å². The van der Waals surface area contributed by atoms with Crippen molar-refractivity contribution in [2.24, 2.45) is 27.8 Å². The molecule has 1 aromatic carbocycles. The van der Waals surface area contributed by atoms with E-state index in [1.54, 1.807) is 18.4 Å². The highest BCUT2D eigenvalue weighted by Gasteiger charge is 2.34. The molecule has 2 aromatic rings. The van der Waals surface area contributed by atoms with Crippen molar-refractivity contribution in [3.05, 3.63) is 59.3 Å². The van der Waals surface area contributed by atoms with Crippen LogP contribution in [0.1, 0.15) is 12.8 Å². The monoisotopic (exact) mass is 365 g/mol. The van der Waals surface area contributed by atoms with Crippen molar-refractivity contribution in [2.45, 2.75) is 12.8 Å². The average Bonchev–Trinajstić information content (AvgIpc) is 3.40. The molecule has 0 radical (unpaired) electrons. The molecule has 2 aliphatic rings. The van der Waals surface area contributed by atoms with E-state index >= 15 is 0 Å². The molecule has 4 rings (SSSR count). The van der Waals surface area contributed by atoms with E-state index in [4.69, 9.17) is 9.84 Å². The Balaban J connectivity index is 1.69. The van der Waals surface area contributed by atoms with Crippen molar-refractivity contribution < 1.29 is 4.74 Å². The Morgan fingerprint density at radius 1 is 1.27 bits per heavy atom. The zero-order valence-corrected chi connectivity index (χ0v) is 15.7. The Kier molecular flexibility index (Phi) is 4.89. The molecule has 5 heteroatoms. The molecule has 1 aromatic heterocycles. The highest BCUT2D eigenvalue weighted by Crippen LogP contribution is 2.42. The third kappa shape index (κ3) is 3.31. The van der Waals surface area contributed by atoms with Gasteiger partial charge < -0.3 is 4.74 Å². The van der Waals surface area contributed by atoms with Gasteiger partial charge in [0.25, 0.3) is 0 Å². The Bertz CT molecular complexity index is 904. The van der Waals surface area contributed by atoms with E-state index in [-0.39, 0.29) is 0 Å². The lowest BCUT2D eigenvalue weighted by molar-refractivity contribution is 0.415. The van der Waals surface area contributed by atoms with E-state index in [0.717, 1.165) is 27.7 Å². The highest BCUT2D eigenvalue weighted by molar-refractivity contribution is 7.07. The topological polar surface area (TPSA) is 38.9 Å². The van der Waals surface area contributed by atoms with Gasteiger partial charge in [-0.1, -0.05) is 18.2 Å². The zero-order chi connectivity index (χ0) is 17.9. The molecule has 2 aliphatic carbocycles. The summed E-state index contributed by atoms with van der Waals surface area (Å²) >= 11 is 1.61. The highest BCUT2D eigenvalue weighted by atomic mass is 32.1. The van der Waals surface area contributed by atoms with Crippen LogP contribution in [0.15, 0.2) is 64.5 Å². The molecule has 2 bridgehead atoms. The summed E-state index contributed by atoms with van der Waals surface area (Å²) in [6.45, 7) is 4.36. The second kappa shape index (κ2) is 7.46. The summed E-state index contributed by atoms with van der Waals surface area (Å²) in [6, 6.07) is 8.07. The number of fused-ring (bicyclic) bond motifs is 2. The maximum Gasteiger partial charge on any atom is 0.206 e. The molecule has 3 atom stereocenters. The molecular formula is C21H23N3OS. The number of rotatable bonds is 6. The van der Waals surface area contributed by atoms with Crippen LogP contribution in [0.3, 0.4) is 0 Å². The minimum Gasteiger partial charge on any atom is -0.497 e. The zero-order valence-electron chi connectivity index (χ0n) is 14.9. The van der Waals surface area contributed by atoms with E-state index in [2.05, 4.69) is 47.5 Å². The minimum absolute atomic E-state index is 0.536. The Morgan fingerprint density at radius 2 is 2.12 bits per heavy atom. The standard InChI is InChI=1S/C21H23N3OS/c1-3-10-22-21-24(23-13-18-12-15-4-5-17(18)11-15)20(14-26-21)16-6-8-19(25-2)9-7-16/h3-9,13-15,17-18H,1,10-12H2,2H3. The smallest absolute Gasteiger partial charge is 0.206 e. The van der Waals surface area contributed by atoms with Crippen LogP contribution in [0.25, 0.3) is 11.3 Å². The average molecular weight is 366 g/mol. The third-order valence-corrected chi connectivity index (χ3v) is 5.98. The summed E-state index contributed by atoms with van der Waals surface area (Å²) < 4.78 is 7.23. The number of allylic oxidation sites excluding steroid dienone is 2. The van der Waals surface area contributed by atoms with Crippen LogP contribution in [-0.4, -0.2) is 24.5 Å². The van der Waals surface area contributed by atoms with Crippen LogP contribution in [0.5, 0.6) is 5.75 Å². The molecule has 3 unspecified atom stereocenters. The quantitative estimate of drug-likeness (QED) is 0.554. The number of hydrogen-bond acceptors (Lipinski definition) is 4. The number of benzene rings is 1. The van der Waals surface area contributed by atoms with Gasteiger partial charge in [0.2, 0.25) is 4.80 Å². The lowest BCUT2D eigenvalue weighted by Gasteiger charge is -2.12. The summed E-state index contributed by atoms with van der Waals surface area (Å²) in [5.41, 5.74) is 2.16. The largest absolute Gasteiger partial charge is 0.497 e. The number of thiazole rings is 1. The molecule has 1 saturated carbocycles. The maximum atomic E-state index is 5.27. The van der Waals surface area contributed by atoms with Gasteiger partial charge in [-0.2, -0.15) is 5.10 Å². The first-order valence-electron chi connectivity index (χ1n) is 8.97. The van der Waals surface area contributed by atoms with Crippen LogP contribution >= 0.6 is 11.3 Å². The second-order valence-electron chi connectivity index (χ2n) is 6.78. The fourth-order valence-corrected chi connectivity index (χ4v) is 4.62. The Morgan fingerprint density at radius 3 is 2.77 bits per heavy atom. The molecule has 26 heavy (non-hydrogen) atoms. The van der Waals surface area contributed by atoms with Crippen molar-refractivity contribution in [1.29, 1.82) is 0 Å². The van der Waals surface area contributed by atoms with Crippen molar-refractivity contribution in [3.8, 4) is 17.0 Å². The Hall–Kier alpha value is -2.40. The van der Waals surface area contributed by atoms with Gasteiger partial charge in [-0.15, -0.1) is 17.9 Å². The first kappa shape index (κ1) is 17.0. The lowest BCUT2D eigenvalue weighted by atomic mass is 9.95. The van der Waals surface area contributed by atoms with E-state index in [9.17, 15) is 0 Å². The first-order chi connectivity index (χ1) is 12.8. The van der Waals surface area contributed by atoms with E-state index in [1.165, 1.54) is 12.8 Å². The van der Waals surface area contributed by atoms with Crippen molar-refractivity contribution >= 4 is 17.6 Å². The lowest BCUT2D eigenvalue weighted by Crippen LogP contribution is -2.15. The molecule has 134 valence electrons. The molecule has 1 heterocycles. The summed E-state index contributed by atoms with van der Waals surface area (Å²) in [6.07, 6.45) is 11.1. The van der Waals surface area contributed by atoms with Gasteiger partial charge in [0.1, 0.15) is 5.75 Å². The molecule has 0 aliphatic heterocycles. The number of aromatic nitrogens is 1. The van der Waals surface area contributed by atoms with E-state index < -0.39 is 0 Å². The molecule has 1 fully saturated rings. The number of nitrogens with zero attached hydrogens (tertiary/aromatic N) is 3. The van der Waals surface area contributed by atoms with Gasteiger partial charge in [-0.05, 0) is 48.9 Å². The second-order valence-corrected chi connectivity index (χ2v) is 7.62. The molecule has 0 saturated heterocycles. The number of ether oxygens (including phenoxy) is 1. The van der Waals surface area contributed by atoms with Crippen LogP contribution in [0, 0.1) is 17.8 Å². The SMILES string of the molecule is C=CCN=c1scc(-c2ccc(OC)cc2)n1N=CC1CC2C=CC1C2. The van der Waals surface area contributed by atoms with E-state index in [1.807, 2.05) is 22.9 Å². The predicted octanol–water partition coefficient (Wildman–Crippen LogP) is 4.36. The minimum atomic E-state index is 0.536. The molecule has 0 amide bonds. The van der Waals surface area contributed by atoms with Gasteiger partial charge in [0.05, 0.1) is 19.3 Å². The summed E-state index contributed by atoms with van der Waals surface area (Å²) in [5.74, 6) is 2.79. The fraction of sp³-hybridized carbons (Fsp3) is 0.333. The third-order valence-electron chi connectivity index (χ3n) is 5.13. The number of methoxy groups -OCH3 is 1. The van der Waals surface area contributed by atoms with E-state index in [0.29, 0.717) is 18.4 Å².